The molecule has 0 fully saturated rings. The molecule has 0 saturated carbocycles. The summed E-state index contributed by atoms with van der Waals surface area (Å²) in [6.45, 7) is 2.05. The lowest BCUT2D eigenvalue weighted by molar-refractivity contribution is -0.0499. The van der Waals surface area contributed by atoms with Gasteiger partial charge in [-0.2, -0.15) is 21.6 Å². The molecule has 3 nitrogen and oxygen atoms in total. The Hall–Kier alpha value is -2.80. The Balaban J connectivity index is 2.31. The molecule has 0 aliphatic heterocycles. The maximum Gasteiger partial charge on any atom is 0.534 e. The fourth-order valence-electron chi connectivity index (χ4n) is 3.26. The molecule has 3 aromatic carbocycles. The van der Waals surface area contributed by atoms with Crippen LogP contribution >= 0.6 is 0 Å². The molecule has 0 amide bonds. The third-order valence-electron chi connectivity index (χ3n) is 4.66. The molecule has 0 radical (unpaired) electrons. The first-order chi connectivity index (χ1) is 14.2. The van der Waals surface area contributed by atoms with Crippen molar-refractivity contribution in [3.05, 3.63) is 78.4 Å². The molecule has 0 N–H and O–H groups in total. The highest BCUT2D eigenvalue weighted by molar-refractivity contribution is 7.88. The van der Waals surface area contributed by atoms with Crippen molar-refractivity contribution >= 4 is 10.1 Å². The second-order valence-corrected chi connectivity index (χ2v) is 8.33. The van der Waals surface area contributed by atoms with Crippen molar-refractivity contribution in [2.75, 3.05) is 0 Å². The molecule has 0 spiro atoms. The van der Waals surface area contributed by atoms with Crippen LogP contribution in [0.15, 0.2) is 72.8 Å². The van der Waals surface area contributed by atoms with Crippen LogP contribution in [-0.2, 0) is 16.5 Å². The molecule has 0 unspecified atom stereocenters. The van der Waals surface area contributed by atoms with E-state index in [9.17, 15) is 21.6 Å². The maximum absolute atomic E-state index is 13.0. The van der Waals surface area contributed by atoms with Gasteiger partial charge in [-0.25, -0.2) is 0 Å². The summed E-state index contributed by atoms with van der Waals surface area (Å²) in [5.74, 6) is -0.349. The Bertz CT molecular complexity index is 1090. The molecule has 0 aliphatic carbocycles. The van der Waals surface area contributed by atoms with Gasteiger partial charge in [-0.05, 0) is 41.2 Å². The summed E-state index contributed by atoms with van der Waals surface area (Å²) in [6, 6.07) is 20.8. The van der Waals surface area contributed by atoms with Crippen LogP contribution in [0.3, 0.4) is 0 Å². The third kappa shape index (κ3) is 4.67. The number of hydrogen-bond donors (Lipinski definition) is 0. The second-order valence-electron chi connectivity index (χ2n) is 6.79. The normalized spacial score (nSPS) is 12.0. The lowest BCUT2D eigenvalue weighted by Crippen LogP contribution is -2.28. The van der Waals surface area contributed by atoms with Crippen LogP contribution < -0.4 is 4.18 Å². The maximum atomic E-state index is 13.0. The number of unbranched alkanes of at least 4 members (excludes halogenated alkanes) is 1. The van der Waals surface area contributed by atoms with Crippen molar-refractivity contribution < 1.29 is 25.8 Å². The van der Waals surface area contributed by atoms with Crippen molar-refractivity contribution in [3.8, 4) is 28.0 Å². The first-order valence-electron chi connectivity index (χ1n) is 9.52. The number of aryl methyl sites for hydroxylation is 1. The Morgan fingerprint density at radius 2 is 1.33 bits per heavy atom. The van der Waals surface area contributed by atoms with Crippen molar-refractivity contribution in [3.63, 3.8) is 0 Å². The van der Waals surface area contributed by atoms with Crippen LogP contribution in [0, 0.1) is 0 Å². The van der Waals surface area contributed by atoms with Crippen LogP contribution in [-0.4, -0.2) is 13.9 Å². The highest BCUT2D eigenvalue weighted by Gasteiger charge is 2.49. The van der Waals surface area contributed by atoms with E-state index in [1.165, 1.54) is 6.07 Å². The van der Waals surface area contributed by atoms with Gasteiger partial charge in [0.05, 0.1) is 0 Å². The van der Waals surface area contributed by atoms with Crippen LogP contribution in [0.1, 0.15) is 25.3 Å². The molecule has 3 rings (SSSR count). The minimum atomic E-state index is -5.81. The molecule has 0 heterocycles. The monoisotopic (exact) mass is 434 g/mol. The standard InChI is InChI=1S/C23H21F3O3S/c1-2-3-10-19-15-16-20(29-30(27,28)23(24,25)26)22(18-13-8-5-9-14-18)21(19)17-11-6-4-7-12-17/h4-9,11-16H,2-3,10H2,1H3. The summed E-state index contributed by atoms with van der Waals surface area (Å²) in [5.41, 5.74) is -2.26. The average molecular weight is 434 g/mol. The van der Waals surface area contributed by atoms with Crippen molar-refractivity contribution in [1.29, 1.82) is 0 Å². The molecule has 0 atom stereocenters. The van der Waals surface area contributed by atoms with E-state index in [1.807, 2.05) is 37.3 Å². The number of hydrogen-bond acceptors (Lipinski definition) is 3. The lowest BCUT2D eigenvalue weighted by atomic mass is 9.88. The highest BCUT2D eigenvalue weighted by atomic mass is 32.2. The number of alkyl halides is 3. The first kappa shape index (κ1) is 21.9. The summed E-state index contributed by atoms with van der Waals surface area (Å²) < 4.78 is 67.2. The molecular formula is C23H21F3O3S. The smallest absolute Gasteiger partial charge is 0.375 e. The summed E-state index contributed by atoms with van der Waals surface area (Å²) in [6.07, 6.45) is 2.53. The summed E-state index contributed by atoms with van der Waals surface area (Å²) in [5, 5.41) is 0. The van der Waals surface area contributed by atoms with Gasteiger partial charge in [0.25, 0.3) is 0 Å². The van der Waals surface area contributed by atoms with E-state index < -0.39 is 15.6 Å². The van der Waals surface area contributed by atoms with E-state index in [1.54, 1.807) is 36.4 Å². The van der Waals surface area contributed by atoms with Gasteiger partial charge in [-0.15, -0.1) is 0 Å². The molecule has 7 heteroatoms. The Labute approximate surface area is 174 Å². The van der Waals surface area contributed by atoms with Crippen LogP contribution in [0.5, 0.6) is 5.75 Å². The van der Waals surface area contributed by atoms with E-state index in [4.69, 9.17) is 0 Å². The zero-order chi connectivity index (χ0) is 21.8. The van der Waals surface area contributed by atoms with Crippen LogP contribution in [0.2, 0.25) is 0 Å². The predicted octanol–water partition coefficient (Wildman–Crippen LogP) is 6.59. The molecule has 30 heavy (non-hydrogen) atoms. The molecule has 0 bridgehead atoms. The minimum absolute atomic E-state index is 0.322. The Morgan fingerprint density at radius 3 is 1.83 bits per heavy atom. The van der Waals surface area contributed by atoms with Gasteiger partial charge in [-0.3, -0.25) is 0 Å². The number of rotatable bonds is 7. The van der Waals surface area contributed by atoms with Gasteiger partial charge in [0.15, 0.2) is 5.75 Å². The molecule has 0 aliphatic rings. The van der Waals surface area contributed by atoms with Crippen molar-refractivity contribution in [2.45, 2.75) is 31.7 Å². The van der Waals surface area contributed by atoms with Gasteiger partial charge in [0, 0.05) is 5.56 Å². The Kier molecular flexibility index (Phi) is 6.51. The Morgan fingerprint density at radius 1 is 0.800 bits per heavy atom. The zero-order valence-electron chi connectivity index (χ0n) is 16.3. The van der Waals surface area contributed by atoms with Gasteiger partial charge >= 0.3 is 15.6 Å². The molecule has 158 valence electrons. The van der Waals surface area contributed by atoms with E-state index in [0.717, 1.165) is 24.0 Å². The summed E-state index contributed by atoms with van der Waals surface area (Å²) in [4.78, 5) is 0. The topological polar surface area (TPSA) is 43.4 Å². The molecule has 0 aromatic heterocycles. The molecule has 0 saturated heterocycles. The number of benzene rings is 3. The number of halogens is 3. The predicted molar refractivity (Wildman–Crippen MR) is 112 cm³/mol. The van der Waals surface area contributed by atoms with Gasteiger partial charge in [0.1, 0.15) is 0 Å². The second kappa shape index (κ2) is 8.92. The van der Waals surface area contributed by atoms with E-state index >= 15 is 0 Å². The van der Waals surface area contributed by atoms with Crippen LogP contribution in [0.4, 0.5) is 13.2 Å². The fourth-order valence-corrected chi connectivity index (χ4v) is 3.73. The van der Waals surface area contributed by atoms with Gasteiger partial charge in [0.2, 0.25) is 0 Å². The molecule has 3 aromatic rings. The lowest BCUT2D eigenvalue weighted by Gasteiger charge is -2.20. The van der Waals surface area contributed by atoms with Crippen molar-refractivity contribution in [1.82, 2.24) is 0 Å². The van der Waals surface area contributed by atoms with E-state index in [0.29, 0.717) is 23.1 Å². The highest BCUT2D eigenvalue weighted by Crippen LogP contribution is 2.43. The average Bonchev–Trinajstić information content (AvgIpc) is 2.72. The minimum Gasteiger partial charge on any atom is -0.375 e. The first-order valence-corrected chi connectivity index (χ1v) is 10.9. The summed E-state index contributed by atoms with van der Waals surface area (Å²) >= 11 is 0. The SMILES string of the molecule is CCCCc1ccc(OS(=O)(=O)C(F)(F)F)c(-c2ccccc2)c1-c1ccccc1. The van der Waals surface area contributed by atoms with Gasteiger partial charge < -0.3 is 4.18 Å². The largest absolute Gasteiger partial charge is 0.534 e. The van der Waals surface area contributed by atoms with Crippen LogP contribution in [0.25, 0.3) is 22.3 Å². The third-order valence-corrected chi connectivity index (χ3v) is 5.63. The van der Waals surface area contributed by atoms with Crippen molar-refractivity contribution in [2.24, 2.45) is 0 Å². The quantitative estimate of drug-likeness (QED) is 0.311. The van der Waals surface area contributed by atoms with E-state index in [-0.39, 0.29) is 5.75 Å². The fraction of sp³-hybridized carbons (Fsp3) is 0.217. The summed E-state index contributed by atoms with van der Waals surface area (Å²) in [7, 11) is -5.81. The zero-order valence-corrected chi connectivity index (χ0v) is 17.1. The molecular weight excluding hydrogens is 413 g/mol. The van der Waals surface area contributed by atoms with E-state index in [2.05, 4.69) is 4.18 Å². The van der Waals surface area contributed by atoms with Gasteiger partial charge in [-0.1, -0.05) is 80.1 Å².